The largest absolute Gasteiger partial charge is 0.493 e. The maximum atomic E-state index is 5.41. The number of hydrogen-bond donors (Lipinski definition) is 1. The van der Waals surface area contributed by atoms with Gasteiger partial charge in [0, 0.05) is 25.7 Å². The number of nitrogens with one attached hydrogen (secondary N) is 1. The van der Waals surface area contributed by atoms with Crippen LogP contribution in [0.15, 0.2) is 18.2 Å². The fourth-order valence-corrected chi connectivity index (χ4v) is 3.09. The molecule has 21 heavy (non-hydrogen) atoms. The zero-order valence-corrected chi connectivity index (χ0v) is 13.8. The van der Waals surface area contributed by atoms with Gasteiger partial charge in [0.2, 0.25) is 0 Å². The lowest BCUT2D eigenvalue weighted by atomic mass is 10.0. The van der Waals surface area contributed by atoms with Gasteiger partial charge in [-0.25, -0.2) is 0 Å². The number of rotatable bonds is 6. The first kappa shape index (κ1) is 16.1. The SMILES string of the molecule is CNC(CN1CC(C)C(C)C1)c1ccc(OC)c(OC)c1. The number of benzene rings is 1. The van der Waals surface area contributed by atoms with E-state index in [1.165, 1.54) is 18.7 Å². The molecule has 4 heteroatoms. The number of methoxy groups -OCH3 is 2. The minimum Gasteiger partial charge on any atom is -0.493 e. The molecule has 0 spiro atoms. The Hall–Kier alpha value is -1.26. The molecule has 118 valence electrons. The summed E-state index contributed by atoms with van der Waals surface area (Å²) in [6.07, 6.45) is 0. The van der Waals surface area contributed by atoms with Crippen LogP contribution in [0.5, 0.6) is 11.5 Å². The van der Waals surface area contributed by atoms with Gasteiger partial charge in [0.05, 0.1) is 14.2 Å². The Labute approximate surface area is 128 Å². The summed E-state index contributed by atoms with van der Waals surface area (Å²) in [5, 5.41) is 3.43. The van der Waals surface area contributed by atoms with E-state index in [0.717, 1.165) is 29.9 Å². The van der Waals surface area contributed by atoms with Crippen molar-refractivity contribution in [3.63, 3.8) is 0 Å². The minimum atomic E-state index is 0.308. The predicted octanol–water partition coefficient (Wildman–Crippen LogP) is 2.55. The van der Waals surface area contributed by atoms with Gasteiger partial charge in [-0.2, -0.15) is 0 Å². The van der Waals surface area contributed by atoms with Gasteiger partial charge < -0.3 is 19.7 Å². The van der Waals surface area contributed by atoms with E-state index in [1.54, 1.807) is 14.2 Å². The lowest BCUT2D eigenvalue weighted by Crippen LogP contribution is -2.32. The van der Waals surface area contributed by atoms with Crippen LogP contribution in [0.25, 0.3) is 0 Å². The van der Waals surface area contributed by atoms with Crippen molar-refractivity contribution in [3.8, 4) is 11.5 Å². The molecule has 1 heterocycles. The third-order valence-electron chi connectivity index (χ3n) is 4.66. The minimum absolute atomic E-state index is 0.308. The number of likely N-dealkylation sites (N-methyl/N-ethyl adjacent to an activating group) is 1. The summed E-state index contributed by atoms with van der Waals surface area (Å²) in [6.45, 7) is 8.09. The lowest BCUT2D eigenvalue weighted by molar-refractivity contribution is 0.286. The Morgan fingerprint density at radius 3 is 2.29 bits per heavy atom. The van der Waals surface area contributed by atoms with Crippen molar-refractivity contribution in [1.82, 2.24) is 10.2 Å². The standard InChI is InChI=1S/C17H28N2O2/c1-12-9-19(10-13(12)2)11-15(18-3)14-6-7-16(20-4)17(8-14)21-5/h6-8,12-13,15,18H,9-11H2,1-5H3. The molecule has 3 unspecified atom stereocenters. The van der Waals surface area contributed by atoms with Crippen molar-refractivity contribution in [3.05, 3.63) is 23.8 Å². The maximum absolute atomic E-state index is 5.41. The van der Waals surface area contributed by atoms with Crippen LogP contribution in [-0.4, -0.2) is 45.8 Å². The highest BCUT2D eigenvalue weighted by Gasteiger charge is 2.27. The summed E-state index contributed by atoms with van der Waals surface area (Å²) in [5.41, 5.74) is 1.24. The summed E-state index contributed by atoms with van der Waals surface area (Å²) < 4.78 is 10.7. The van der Waals surface area contributed by atoms with Crippen LogP contribution in [0.2, 0.25) is 0 Å². The first-order valence-electron chi connectivity index (χ1n) is 7.70. The molecule has 1 aromatic carbocycles. The Morgan fingerprint density at radius 2 is 1.76 bits per heavy atom. The molecule has 0 aromatic heterocycles. The Kier molecular flexibility index (Phi) is 5.48. The van der Waals surface area contributed by atoms with Gasteiger partial charge in [-0.15, -0.1) is 0 Å². The van der Waals surface area contributed by atoms with Crippen LogP contribution >= 0.6 is 0 Å². The third kappa shape index (κ3) is 3.69. The van der Waals surface area contributed by atoms with Crippen molar-refractivity contribution < 1.29 is 9.47 Å². The summed E-state index contributed by atoms with van der Waals surface area (Å²) in [6, 6.07) is 6.48. The van der Waals surface area contributed by atoms with Gasteiger partial charge in [0.25, 0.3) is 0 Å². The first-order valence-corrected chi connectivity index (χ1v) is 7.70. The topological polar surface area (TPSA) is 33.7 Å². The number of hydrogen-bond acceptors (Lipinski definition) is 4. The Balaban J connectivity index is 2.10. The quantitative estimate of drug-likeness (QED) is 0.873. The summed E-state index contributed by atoms with van der Waals surface area (Å²) >= 11 is 0. The molecule has 1 saturated heterocycles. The van der Waals surface area contributed by atoms with E-state index in [1.807, 2.05) is 13.1 Å². The fourth-order valence-electron chi connectivity index (χ4n) is 3.09. The third-order valence-corrected chi connectivity index (χ3v) is 4.66. The van der Waals surface area contributed by atoms with Crippen LogP contribution < -0.4 is 14.8 Å². The highest BCUT2D eigenvalue weighted by atomic mass is 16.5. The van der Waals surface area contributed by atoms with Crippen molar-refractivity contribution in [1.29, 1.82) is 0 Å². The first-order chi connectivity index (χ1) is 10.1. The van der Waals surface area contributed by atoms with Gasteiger partial charge in [-0.1, -0.05) is 19.9 Å². The van der Waals surface area contributed by atoms with E-state index in [0.29, 0.717) is 6.04 Å². The van der Waals surface area contributed by atoms with Crippen LogP contribution in [0.1, 0.15) is 25.5 Å². The molecule has 1 N–H and O–H groups in total. The normalized spacial score (nSPS) is 24.0. The van der Waals surface area contributed by atoms with E-state index in [-0.39, 0.29) is 0 Å². The second-order valence-corrected chi connectivity index (χ2v) is 6.13. The molecule has 0 aliphatic carbocycles. The molecule has 1 fully saturated rings. The molecule has 2 rings (SSSR count). The summed E-state index contributed by atoms with van der Waals surface area (Å²) in [5.74, 6) is 3.14. The van der Waals surface area contributed by atoms with E-state index in [2.05, 4.69) is 36.2 Å². The van der Waals surface area contributed by atoms with Crippen molar-refractivity contribution in [2.24, 2.45) is 11.8 Å². The molecule has 4 nitrogen and oxygen atoms in total. The van der Waals surface area contributed by atoms with E-state index < -0.39 is 0 Å². The molecule has 0 bridgehead atoms. The highest BCUT2D eigenvalue weighted by Crippen LogP contribution is 2.31. The van der Waals surface area contributed by atoms with E-state index >= 15 is 0 Å². The second kappa shape index (κ2) is 7.14. The Bertz CT molecular complexity index is 454. The number of nitrogens with zero attached hydrogens (tertiary/aromatic N) is 1. The van der Waals surface area contributed by atoms with Crippen LogP contribution in [0.3, 0.4) is 0 Å². The zero-order chi connectivity index (χ0) is 15.4. The molecule has 1 aromatic rings. The monoisotopic (exact) mass is 292 g/mol. The molecule has 1 aliphatic heterocycles. The highest BCUT2D eigenvalue weighted by molar-refractivity contribution is 5.43. The van der Waals surface area contributed by atoms with Crippen LogP contribution in [0, 0.1) is 11.8 Å². The zero-order valence-electron chi connectivity index (χ0n) is 13.8. The number of ether oxygens (including phenoxy) is 2. The van der Waals surface area contributed by atoms with Crippen molar-refractivity contribution >= 4 is 0 Å². The van der Waals surface area contributed by atoms with E-state index in [4.69, 9.17) is 9.47 Å². The molecule has 0 radical (unpaired) electrons. The Morgan fingerprint density at radius 1 is 1.14 bits per heavy atom. The van der Waals surface area contributed by atoms with Gasteiger partial charge >= 0.3 is 0 Å². The van der Waals surface area contributed by atoms with Crippen molar-refractivity contribution in [2.75, 3.05) is 40.9 Å². The van der Waals surface area contributed by atoms with Crippen molar-refractivity contribution in [2.45, 2.75) is 19.9 Å². The molecule has 0 saturated carbocycles. The van der Waals surface area contributed by atoms with Gasteiger partial charge in [-0.05, 0) is 36.6 Å². The molecular weight excluding hydrogens is 264 g/mol. The average Bonchev–Trinajstić information content (AvgIpc) is 2.82. The predicted molar refractivity (Wildman–Crippen MR) is 86.1 cm³/mol. The molecule has 1 aliphatic rings. The second-order valence-electron chi connectivity index (χ2n) is 6.13. The lowest BCUT2D eigenvalue weighted by Gasteiger charge is -2.24. The molecule has 0 amide bonds. The van der Waals surface area contributed by atoms with Crippen LogP contribution in [-0.2, 0) is 0 Å². The molecule has 3 atom stereocenters. The smallest absolute Gasteiger partial charge is 0.161 e. The summed E-state index contributed by atoms with van der Waals surface area (Å²) in [7, 11) is 5.37. The summed E-state index contributed by atoms with van der Waals surface area (Å²) in [4.78, 5) is 2.55. The maximum Gasteiger partial charge on any atom is 0.161 e. The average molecular weight is 292 g/mol. The fraction of sp³-hybridized carbons (Fsp3) is 0.647. The van der Waals surface area contributed by atoms with Gasteiger partial charge in [0.15, 0.2) is 11.5 Å². The van der Waals surface area contributed by atoms with E-state index in [9.17, 15) is 0 Å². The van der Waals surface area contributed by atoms with Gasteiger partial charge in [0.1, 0.15) is 0 Å². The number of likely N-dealkylation sites (tertiary alicyclic amines) is 1. The van der Waals surface area contributed by atoms with Crippen LogP contribution in [0.4, 0.5) is 0 Å². The van der Waals surface area contributed by atoms with Gasteiger partial charge in [-0.3, -0.25) is 0 Å². The molecular formula is C17H28N2O2.